The van der Waals surface area contributed by atoms with Gasteiger partial charge in [-0.2, -0.15) is 0 Å². The van der Waals surface area contributed by atoms with Crippen LogP contribution in [0.2, 0.25) is 0 Å². The van der Waals surface area contributed by atoms with Crippen molar-refractivity contribution < 1.29 is 18.3 Å². The lowest BCUT2D eigenvalue weighted by Gasteiger charge is -2.39. The summed E-state index contributed by atoms with van der Waals surface area (Å²) >= 11 is 0. The summed E-state index contributed by atoms with van der Waals surface area (Å²) in [5, 5.41) is 0.856. The van der Waals surface area contributed by atoms with Crippen molar-refractivity contribution in [2.75, 3.05) is 13.1 Å². The number of halogens is 2. The third-order valence-corrected chi connectivity index (χ3v) is 7.58. The molecule has 0 unspecified atom stereocenters. The van der Waals surface area contributed by atoms with Crippen LogP contribution in [0.15, 0.2) is 66.7 Å². The van der Waals surface area contributed by atoms with E-state index in [9.17, 15) is 13.6 Å². The van der Waals surface area contributed by atoms with Gasteiger partial charge in [-0.05, 0) is 54.7 Å². The fraction of sp³-hybridized carbons (Fsp3) is 0.276. The Morgan fingerprint density at radius 3 is 2.43 bits per heavy atom. The number of aromatic nitrogens is 1. The van der Waals surface area contributed by atoms with E-state index in [1.165, 1.54) is 23.3 Å². The first-order valence-electron chi connectivity index (χ1n) is 12.0. The van der Waals surface area contributed by atoms with Crippen molar-refractivity contribution in [3.8, 4) is 0 Å². The largest absolute Gasteiger partial charge is 0.365 e. The number of amides is 1. The van der Waals surface area contributed by atoms with Crippen LogP contribution in [0.3, 0.4) is 0 Å². The van der Waals surface area contributed by atoms with Gasteiger partial charge in [0.1, 0.15) is 11.6 Å². The Morgan fingerprint density at radius 2 is 1.66 bits per heavy atom. The summed E-state index contributed by atoms with van der Waals surface area (Å²) in [7, 11) is 0. The highest BCUT2D eigenvalue weighted by molar-refractivity contribution is 6.08. The highest BCUT2D eigenvalue weighted by Crippen LogP contribution is 2.44. The molecule has 1 spiro atoms. The summed E-state index contributed by atoms with van der Waals surface area (Å²) in [6, 6.07) is 19.6. The van der Waals surface area contributed by atoms with E-state index in [-0.39, 0.29) is 18.1 Å². The maximum absolute atomic E-state index is 13.8. The maximum atomic E-state index is 13.8. The van der Waals surface area contributed by atoms with Gasteiger partial charge in [-0.25, -0.2) is 8.78 Å². The first kappa shape index (κ1) is 22.0. The number of carbonyl (C=O) groups excluding carboxylic acids is 1. The molecule has 0 saturated carbocycles. The summed E-state index contributed by atoms with van der Waals surface area (Å²) in [5.41, 5.74) is 5.02. The van der Waals surface area contributed by atoms with Gasteiger partial charge < -0.3 is 14.2 Å². The molecule has 178 valence electrons. The van der Waals surface area contributed by atoms with Crippen molar-refractivity contribution in [1.82, 2.24) is 9.47 Å². The van der Waals surface area contributed by atoms with Crippen molar-refractivity contribution in [2.24, 2.45) is 0 Å². The zero-order valence-corrected chi connectivity index (χ0v) is 19.6. The van der Waals surface area contributed by atoms with Gasteiger partial charge in [0.2, 0.25) is 0 Å². The molecule has 4 aromatic rings. The average Bonchev–Trinajstić information content (AvgIpc) is 3.34. The molecule has 0 N–H and O–H groups in total. The van der Waals surface area contributed by atoms with E-state index in [1.54, 1.807) is 0 Å². The monoisotopic (exact) mass is 472 g/mol. The van der Waals surface area contributed by atoms with Crippen molar-refractivity contribution in [3.05, 3.63) is 106 Å². The van der Waals surface area contributed by atoms with Crippen LogP contribution in [0.1, 0.15) is 45.6 Å². The number of piperidine rings is 1. The summed E-state index contributed by atoms with van der Waals surface area (Å²) in [6.07, 6.45) is 1.52. The van der Waals surface area contributed by atoms with E-state index in [0.717, 1.165) is 35.5 Å². The number of hydrogen-bond donors (Lipinski definition) is 0. The van der Waals surface area contributed by atoms with Crippen LogP contribution >= 0.6 is 0 Å². The smallest absolute Gasteiger partial charge is 0.256 e. The van der Waals surface area contributed by atoms with Gasteiger partial charge in [-0.15, -0.1) is 0 Å². The highest BCUT2D eigenvalue weighted by atomic mass is 19.1. The van der Waals surface area contributed by atoms with Crippen LogP contribution in [0, 0.1) is 18.6 Å². The van der Waals surface area contributed by atoms with E-state index in [2.05, 4.69) is 18.2 Å². The van der Waals surface area contributed by atoms with Gasteiger partial charge in [0, 0.05) is 42.3 Å². The quantitative estimate of drug-likeness (QED) is 0.370. The Morgan fingerprint density at radius 1 is 0.971 bits per heavy atom. The van der Waals surface area contributed by atoms with E-state index >= 15 is 0 Å². The molecular formula is C29H26F2N2O2. The number of ether oxygens (including phenoxy) is 1. The Hall–Kier alpha value is -3.51. The molecule has 3 heterocycles. The molecule has 0 atom stereocenters. The lowest BCUT2D eigenvalue weighted by molar-refractivity contribution is -0.0741. The fourth-order valence-corrected chi connectivity index (χ4v) is 5.82. The van der Waals surface area contributed by atoms with E-state index in [0.29, 0.717) is 30.8 Å². The molecule has 1 amide bonds. The molecule has 6 heteroatoms. The molecule has 1 fully saturated rings. The predicted molar refractivity (Wildman–Crippen MR) is 130 cm³/mol. The lowest BCUT2D eigenvalue weighted by atomic mass is 9.83. The topological polar surface area (TPSA) is 34.5 Å². The van der Waals surface area contributed by atoms with Crippen LogP contribution in [0.4, 0.5) is 8.78 Å². The average molecular weight is 473 g/mol. The Labute approximate surface area is 202 Å². The normalized spacial score (nSPS) is 16.7. The summed E-state index contributed by atoms with van der Waals surface area (Å²) in [4.78, 5) is 15.7. The van der Waals surface area contributed by atoms with Crippen LogP contribution in [-0.2, 0) is 23.5 Å². The van der Waals surface area contributed by atoms with E-state index in [4.69, 9.17) is 4.74 Å². The standard InChI is InChI=1S/C29H26F2N2O2/c1-19-27(24-7-3-5-9-26(24)33(19)17-20-14-22(30)16-23(31)15-20)28(34)32-12-10-29(11-13-32)25-8-4-2-6-21(25)18-35-29/h2-9,14-16H,10-13,17-18H2,1H3. The molecule has 0 aliphatic carbocycles. The first-order valence-corrected chi connectivity index (χ1v) is 12.0. The highest BCUT2D eigenvalue weighted by Gasteiger charge is 2.43. The number of fused-ring (bicyclic) bond motifs is 3. The van der Waals surface area contributed by atoms with Gasteiger partial charge >= 0.3 is 0 Å². The first-order chi connectivity index (χ1) is 16.9. The second kappa shape index (κ2) is 8.31. The number of nitrogens with zero attached hydrogens (tertiary/aromatic N) is 2. The zero-order valence-electron chi connectivity index (χ0n) is 19.6. The van der Waals surface area contributed by atoms with Crippen LogP contribution in [0.5, 0.6) is 0 Å². The van der Waals surface area contributed by atoms with Crippen molar-refractivity contribution >= 4 is 16.8 Å². The summed E-state index contributed by atoms with van der Waals surface area (Å²) < 4.78 is 35.9. The lowest BCUT2D eigenvalue weighted by Crippen LogP contribution is -2.45. The molecule has 4 nitrogen and oxygen atoms in total. The zero-order chi connectivity index (χ0) is 24.2. The van der Waals surface area contributed by atoms with Crippen molar-refractivity contribution in [3.63, 3.8) is 0 Å². The van der Waals surface area contributed by atoms with Crippen LogP contribution in [0.25, 0.3) is 10.9 Å². The molecule has 2 aliphatic heterocycles. The van der Waals surface area contributed by atoms with Gasteiger partial charge in [-0.1, -0.05) is 42.5 Å². The summed E-state index contributed by atoms with van der Waals surface area (Å²) in [6.45, 7) is 4.03. The minimum atomic E-state index is -0.608. The Balaban J connectivity index is 1.31. The number of rotatable bonds is 3. The van der Waals surface area contributed by atoms with Crippen molar-refractivity contribution in [2.45, 2.75) is 38.5 Å². The van der Waals surface area contributed by atoms with Crippen molar-refractivity contribution in [1.29, 1.82) is 0 Å². The molecule has 6 rings (SSSR count). The van der Waals surface area contributed by atoms with Gasteiger partial charge in [0.05, 0.1) is 17.8 Å². The third-order valence-electron chi connectivity index (χ3n) is 7.58. The number of carbonyl (C=O) groups is 1. The Kier molecular flexibility index (Phi) is 5.22. The third kappa shape index (κ3) is 3.64. The molecule has 1 aromatic heterocycles. The predicted octanol–water partition coefficient (Wildman–Crippen LogP) is 5.94. The van der Waals surface area contributed by atoms with Gasteiger partial charge in [0.15, 0.2) is 0 Å². The van der Waals surface area contributed by atoms with E-state index in [1.807, 2.05) is 46.7 Å². The molecular weight excluding hydrogens is 446 g/mol. The summed E-state index contributed by atoms with van der Waals surface area (Å²) in [5.74, 6) is -1.23. The Bertz CT molecular complexity index is 1430. The molecule has 35 heavy (non-hydrogen) atoms. The number of hydrogen-bond acceptors (Lipinski definition) is 2. The number of likely N-dealkylation sites (tertiary alicyclic amines) is 1. The van der Waals surface area contributed by atoms with Crippen LogP contribution in [-0.4, -0.2) is 28.5 Å². The maximum Gasteiger partial charge on any atom is 0.256 e. The number of para-hydroxylation sites is 1. The molecule has 0 bridgehead atoms. The van der Waals surface area contributed by atoms with Gasteiger partial charge in [-0.3, -0.25) is 4.79 Å². The molecule has 3 aromatic carbocycles. The second-order valence-corrected chi connectivity index (χ2v) is 9.57. The fourth-order valence-electron chi connectivity index (χ4n) is 5.82. The second-order valence-electron chi connectivity index (χ2n) is 9.57. The minimum Gasteiger partial charge on any atom is -0.365 e. The van der Waals surface area contributed by atoms with Gasteiger partial charge in [0.25, 0.3) is 5.91 Å². The molecule has 1 saturated heterocycles. The SMILES string of the molecule is Cc1c(C(=O)N2CCC3(CC2)OCc2ccccc23)c2ccccc2n1Cc1cc(F)cc(F)c1. The molecule has 0 radical (unpaired) electrons. The molecule has 2 aliphatic rings. The number of benzene rings is 3. The minimum absolute atomic E-state index is 0.0102. The van der Waals surface area contributed by atoms with E-state index < -0.39 is 11.6 Å². The van der Waals surface area contributed by atoms with Crippen LogP contribution < -0.4 is 0 Å².